The minimum atomic E-state index is -0.994. The van der Waals surface area contributed by atoms with Crippen molar-refractivity contribution in [1.82, 2.24) is 0 Å². The minimum absolute atomic E-state index is 0.464. The molecule has 0 amide bonds. The van der Waals surface area contributed by atoms with Gasteiger partial charge in [-0.15, -0.1) is 0 Å². The average molecular weight is 575 g/mol. The van der Waals surface area contributed by atoms with E-state index >= 15 is 0 Å². The third kappa shape index (κ3) is 8.46. The fraction of sp³-hybridized carbons (Fsp3) is 0.500. The molecule has 0 aliphatic heterocycles. The van der Waals surface area contributed by atoms with E-state index < -0.39 is 7.47 Å². The van der Waals surface area contributed by atoms with E-state index in [-0.39, 0.29) is 0 Å². The molecule has 0 atom stereocenters. The van der Waals surface area contributed by atoms with Crippen molar-refractivity contribution in [2.75, 3.05) is 0 Å². The van der Waals surface area contributed by atoms with Crippen LogP contribution in [0.3, 0.4) is 0 Å². The minimum Gasteiger partial charge on any atom is -0.507 e. The standard InChI is InChI=1S/C36H51O2PSi/c1-7-11-17-28-22-30(19-13-9-3)35(37)32(24-28)39(40-34-21-15-16-26(5)27(34)6)33-25-29(18-12-8-2)23-31(36(33)38)20-14-10-4/h15-16,21-25,37-38H,7-14,17-20H2,1-6H3. The molecule has 3 rings (SSSR count). The lowest BCUT2D eigenvalue weighted by molar-refractivity contribution is 0.470. The van der Waals surface area contributed by atoms with Gasteiger partial charge in [0.25, 0.3) is 0 Å². The Bertz CT molecular complexity index is 1170. The number of aryl methyl sites for hydroxylation is 5. The van der Waals surface area contributed by atoms with Gasteiger partial charge >= 0.3 is 0 Å². The Labute approximate surface area is 248 Å². The third-order valence-corrected chi connectivity index (χ3v) is 13.5. The fourth-order valence-corrected chi connectivity index (χ4v) is 11.0. The van der Waals surface area contributed by atoms with Crippen LogP contribution in [0, 0.1) is 13.8 Å². The predicted molar refractivity (Wildman–Crippen MR) is 178 cm³/mol. The Morgan fingerprint density at radius 2 is 1.07 bits per heavy atom. The molecule has 0 unspecified atom stereocenters. The lowest BCUT2D eigenvalue weighted by Gasteiger charge is -2.25. The highest BCUT2D eigenvalue weighted by atomic mass is 31.4. The number of unbranched alkanes of at least 4 members (excludes halogenated alkanes) is 4. The molecule has 0 saturated heterocycles. The number of aromatic hydroxyl groups is 2. The highest BCUT2D eigenvalue weighted by Crippen LogP contribution is 2.42. The van der Waals surface area contributed by atoms with E-state index in [2.05, 4.69) is 84.0 Å². The van der Waals surface area contributed by atoms with Crippen LogP contribution in [0.25, 0.3) is 0 Å². The van der Waals surface area contributed by atoms with Gasteiger partial charge in [-0.25, -0.2) is 0 Å². The van der Waals surface area contributed by atoms with Crippen LogP contribution in [0.2, 0.25) is 0 Å². The van der Waals surface area contributed by atoms with Gasteiger partial charge in [0.05, 0.1) is 0 Å². The fourth-order valence-electron chi connectivity index (χ4n) is 5.23. The quantitative estimate of drug-likeness (QED) is 0.133. The van der Waals surface area contributed by atoms with Crippen LogP contribution >= 0.6 is 7.47 Å². The summed E-state index contributed by atoms with van der Waals surface area (Å²) in [5.74, 6) is 0.928. The van der Waals surface area contributed by atoms with Gasteiger partial charge in [-0.1, -0.05) is 88.9 Å². The van der Waals surface area contributed by atoms with Crippen LogP contribution in [-0.4, -0.2) is 19.4 Å². The zero-order chi connectivity index (χ0) is 29.1. The van der Waals surface area contributed by atoms with Crippen molar-refractivity contribution in [3.63, 3.8) is 0 Å². The molecule has 0 fully saturated rings. The van der Waals surface area contributed by atoms with Crippen LogP contribution in [0.1, 0.15) is 112 Å². The summed E-state index contributed by atoms with van der Waals surface area (Å²) in [5.41, 5.74) is 7.44. The lowest BCUT2D eigenvalue weighted by Crippen LogP contribution is -2.27. The van der Waals surface area contributed by atoms with E-state index in [1.54, 1.807) is 0 Å². The lowest BCUT2D eigenvalue weighted by atomic mass is 10.0. The molecule has 40 heavy (non-hydrogen) atoms. The summed E-state index contributed by atoms with van der Waals surface area (Å²) in [4.78, 5) is 0. The maximum absolute atomic E-state index is 11.9. The summed E-state index contributed by atoms with van der Waals surface area (Å²) in [6.07, 6.45) is 12.8. The van der Waals surface area contributed by atoms with Gasteiger partial charge in [-0.2, -0.15) is 0 Å². The van der Waals surface area contributed by atoms with E-state index in [1.165, 1.54) is 27.4 Å². The molecule has 0 spiro atoms. The Kier molecular flexibility index (Phi) is 13.3. The highest BCUT2D eigenvalue weighted by molar-refractivity contribution is 7.99. The van der Waals surface area contributed by atoms with Gasteiger partial charge in [0.1, 0.15) is 20.7 Å². The Balaban J connectivity index is 2.28. The SMILES string of the molecule is CCCCc1cc(CCCC)c(O)c(P([Si]c2cccc(C)c2C)c2cc(CCCC)cc(CCCC)c2O)c1. The third-order valence-electron chi connectivity index (χ3n) is 8.01. The molecular weight excluding hydrogens is 523 g/mol. The number of rotatable bonds is 16. The zero-order valence-electron chi connectivity index (χ0n) is 25.9. The normalized spacial score (nSPS) is 11.5. The number of phenolic OH excluding ortho intramolecular Hbond substituents is 2. The van der Waals surface area contributed by atoms with Crippen LogP contribution < -0.4 is 15.8 Å². The second kappa shape index (κ2) is 16.4. The van der Waals surface area contributed by atoms with Crippen molar-refractivity contribution in [2.45, 2.75) is 119 Å². The molecule has 0 aliphatic rings. The molecule has 0 heterocycles. The first-order valence-corrected chi connectivity index (χ1v) is 18.8. The van der Waals surface area contributed by atoms with Gasteiger partial charge in [-0.3, -0.25) is 0 Å². The van der Waals surface area contributed by atoms with Crippen LogP contribution in [0.5, 0.6) is 11.5 Å². The topological polar surface area (TPSA) is 40.5 Å². The van der Waals surface area contributed by atoms with Crippen LogP contribution in [0.15, 0.2) is 42.5 Å². The van der Waals surface area contributed by atoms with E-state index in [0.29, 0.717) is 20.7 Å². The Morgan fingerprint density at radius 3 is 1.52 bits per heavy atom. The molecule has 0 saturated carbocycles. The maximum Gasteiger partial charge on any atom is 0.128 e. The summed E-state index contributed by atoms with van der Waals surface area (Å²) >= 11 is 0. The molecule has 2 radical (unpaired) electrons. The second-order valence-electron chi connectivity index (χ2n) is 11.4. The molecule has 4 heteroatoms. The maximum atomic E-state index is 11.9. The number of hydrogen-bond acceptors (Lipinski definition) is 2. The predicted octanol–water partition coefficient (Wildman–Crippen LogP) is 8.46. The molecular formula is C36H51O2PSi. The average Bonchev–Trinajstić information content (AvgIpc) is 2.95. The van der Waals surface area contributed by atoms with Gasteiger partial charge in [0.15, 0.2) is 0 Å². The monoisotopic (exact) mass is 574 g/mol. The summed E-state index contributed by atoms with van der Waals surface area (Å²) in [6.45, 7) is 13.3. The smallest absolute Gasteiger partial charge is 0.128 e. The summed E-state index contributed by atoms with van der Waals surface area (Å²) in [7, 11) is -0.516. The van der Waals surface area contributed by atoms with E-state index in [0.717, 1.165) is 98.8 Å². The first-order chi connectivity index (χ1) is 19.3. The molecule has 0 aromatic heterocycles. The highest BCUT2D eigenvalue weighted by Gasteiger charge is 2.26. The Hall–Kier alpha value is -2.09. The first-order valence-electron chi connectivity index (χ1n) is 15.7. The van der Waals surface area contributed by atoms with Crippen molar-refractivity contribution in [3.8, 4) is 11.5 Å². The Morgan fingerprint density at radius 1 is 0.625 bits per heavy atom. The van der Waals surface area contributed by atoms with Crippen molar-refractivity contribution >= 4 is 32.5 Å². The van der Waals surface area contributed by atoms with Crippen molar-refractivity contribution in [2.24, 2.45) is 0 Å². The van der Waals surface area contributed by atoms with Crippen LogP contribution in [-0.2, 0) is 25.7 Å². The van der Waals surface area contributed by atoms with Gasteiger partial charge in [-0.05, 0) is 118 Å². The number of phenols is 2. The molecule has 2 N–H and O–H groups in total. The van der Waals surface area contributed by atoms with E-state index in [1.807, 2.05) is 0 Å². The molecule has 3 aromatic rings. The van der Waals surface area contributed by atoms with Crippen LogP contribution in [0.4, 0.5) is 0 Å². The molecule has 2 nitrogen and oxygen atoms in total. The summed E-state index contributed by atoms with van der Waals surface area (Å²) in [5, 5.41) is 27.1. The van der Waals surface area contributed by atoms with Crippen molar-refractivity contribution in [3.05, 3.63) is 75.8 Å². The van der Waals surface area contributed by atoms with Gasteiger partial charge in [0, 0.05) is 10.6 Å². The molecule has 0 bridgehead atoms. The van der Waals surface area contributed by atoms with Crippen molar-refractivity contribution < 1.29 is 10.2 Å². The van der Waals surface area contributed by atoms with Gasteiger partial charge in [0.2, 0.25) is 0 Å². The first kappa shape index (κ1) is 32.4. The number of hydrogen-bond donors (Lipinski definition) is 2. The largest absolute Gasteiger partial charge is 0.507 e. The van der Waals surface area contributed by atoms with E-state index in [9.17, 15) is 10.2 Å². The van der Waals surface area contributed by atoms with Crippen molar-refractivity contribution in [1.29, 1.82) is 0 Å². The number of benzene rings is 3. The summed E-state index contributed by atoms with van der Waals surface area (Å²) in [6, 6.07) is 15.7. The molecule has 3 aromatic carbocycles. The van der Waals surface area contributed by atoms with E-state index in [4.69, 9.17) is 0 Å². The second-order valence-corrected chi connectivity index (χ2v) is 15.8. The summed E-state index contributed by atoms with van der Waals surface area (Å²) < 4.78 is 0. The molecule has 216 valence electrons. The molecule has 0 aliphatic carbocycles. The van der Waals surface area contributed by atoms with Gasteiger partial charge < -0.3 is 10.2 Å². The zero-order valence-corrected chi connectivity index (χ0v) is 27.8.